The third-order valence-corrected chi connectivity index (χ3v) is 4.78. The fraction of sp³-hybridized carbons (Fsp3) is 0.588. The highest BCUT2D eigenvalue weighted by atomic mass is 35.5. The van der Waals surface area contributed by atoms with Crippen molar-refractivity contribution < 1.29 is 13.9 Å². The van der Waals surface area contributed by atoms with Gasteiger partial charge in [0.25, 0.3) is 0 Å². The summed E-state index contributed by atoms with van der Waals surface area (Å²) >= 11 is 6.04. The Morgan fingerprint density at radius 1 is 1.42 bits per heavy atom. The van der Waals surface area contributed by atoms with E-state index in [0.717, 1.165) is 38.0 Å². The van der Waals surface area contributed by atoms with E-state index in [4.69, 9.17) is 16.3 Å². The predicted molar refractivity (Wildman–Crippen MR) is 90.4 cm³/mol. The molecule has 3 rings (SSSR count). The Balaban J connectivity index is 1.63. The fourth-order valence-electron chi connectivity index (χ4n) is 3.16. The van der Waals surface area contributed by atoms with Gasteiger partial charge >= 0.3 is 0 Å². The monoisotopic (exact) mass is 355 g/mol. The lowest BCUT2D eigenvalue weighted by atomic mass is 10.1. The molecule has 2 N–H and O–H groups in total. The van der Waals surface area contributed by atoms with E-state index in [9.17, 15) is 9.18 Å². The molecule has 0 bridgehead atoms. The molecular weight excluding hydrogens is 333 g/mol. The summed E-state index contributed by atoms with van der Waals surface area (Å²) in [7, 11) is 0. The van der Waals surface area contributed by atoms with Crippen LogP contribution in [0.25, 0.3) is 0 Å². The molecule has 132 valence electrons. The SMILES string of the molecule is O=C(NCc1cc(CN2CCOCC2)cc(Cl)c1F)[C@@H]1CCCN1. The zero-order valence-corrected chi connectivity index (χ0v) is 14.4. The van der Waals surface area contributed by atoms with Gasteiger partial charge in [-0.3, -0.25) is 9.69 Å². The Bertz CT molecular complexity index is 587. The molecule has 2 heterocycles. The molecule has 0 unspecified atom stereocenters. The van der Waals surface area contributed by atoms with Gasteiger partial charge in [-0.25, -0.2) is 4.39 Å². The summed E-state index contributed by atoms with van der Waals surface area (Å²) in [5.74, 6) is -0.538. The third kappa shape index (κ3) is 4.45. The van der Waals surface area contributed by atoms with Crippen LogP contribution in [-0.4, -0.2) is 49.7 Å². The molecule has 2 aliphatic heterocycles. The van der Waals surface area contributed by atoms with Crippen LogP contribution in [0.1, 0.15) is 24.0 Å². The van der Waals surface area contributed by atoms with E-state index in [1.54, 1.807) is 12.1 Å². The summed E-state index contributed by atoms with van der Waals surface area (Å²) in [5, 5.41) is 6.04. The molecule has 0 aromatic heterocycles. The first-order chi connectivity index (χ1) is 11.6. The van der Waals surface area contributed by atoms with Crippen LogP contribution in [0.4, 0.5) is 4.39 Å². The van der Waals surface area contributed by atoms with Crippen LogP contribution in [0, 0.1) is 5.82 Å². The summed E-state index contributed by atoms with van der Waals surface area (Å²) < 4.78 is 19.6. The van der Waals surface area contributed by atoms with E-state index >= 15 is 0 Å². The minimum Gasteiger partial charge on any atom is -0.379 e. The summed E-state index contributed by atoms with van der Waals surface area (Å²) in [6, 6.07) is 3.29. The highest BCUT2D eigenvalue weighted by Gasteiger charge is 2.22. The Morgan fingerprint density at radius 2 is 2.21 bits per heavy atom. The number of rotatable bonds is 5. The lowest BCUT2D eigenvalue weighted by Crippen LogP contribution is -2.40. The number of nitrogens with zero attached hydrogens (tertiary/aromatic N) is 1. The minimum absolute atomic E-state index is 0.0818. The van der Waals surface area contributed by atoms with Crippen molar-refractivity contribution in [2.75, 3.05) is 32.8 Å². The number of benzene rings is 1. The molecule has 5 nitrogen and oxygen atoms in total. The quantitative estimate of drug-likeness (QED) is 0.844. The lowest BCUT2D eigenvalue weighted by Gasteiger charge is -2.26. The fourth-order valence-corrected chi connectivity index (χ4v) is 3.42. The molecule has 24 heavy (non-hydrogen) atoms. The molecule has 1 atom stereocenters. The first kappa shape index (κ1) is 17.6. The van der Waals surface area contributed by atoms with Crippen molar-refractivity contribution in [3.05, 3.63) is 34.1 Å². The second-order valence-electron chi connectivity index (χ2n) is 6.31. The third-order valence-electron chi connectivity index (χ3n) is 4.50. The van der Waals surface area contributed by atoms with Gasteiger partial charge < -0.3 is 15.4 Å². The van der Waals surface area contributed by atoms with Gasteiger partial charge in [0.2, 0.25) is 5.91 Å². The molecular formula is C17H23ClFN3O2. The van der Waals surface area contributed by atoms with Crippen molar-refractivity contribution in [2.45, 2.75) is 32.0 Å². The number of carbonyl (C=O) groups is 1. The molecule has 7 heteroatoms. The molecule has 0 aliphatic carbocycles. The first-order valence-electron chi connectivity index (χ1n) is 8.41. The number of hydrogen-bond donors (Lipinski definition) is 2. The van der Waals surface area contributed by atoms with Crippen molar-refractivity contribution in [3.63, 3.8) is 0 Å². The van der Waals surface area contributed by atoms with Crippen molar-refractivity contribution in [2.24, 2.45) is 0 Å². The number of carbonyl (C=O) groups excluding carboxylic acids is 1. The van der Waals surface area contributed by atoms with Crippen LogP contribution in [0.15, 0.2) is 12.1 Å². The second-order valence-corrected chi connectivity index (χ2v) is 6.71. The molecule has 2 aliphatic rings. The van der Waals surface area contributed by atoms with E-state index in [0.29, 0.717) is 25.3 Å². The van der Waals surface area contributed by atoms with Gasteiger partial charge in [-0.1, -0.05) is 11.6 Å². The number of ether oxygens (including phenoxy) is 1. The smallest absolute Gasteiger partial charge is 0.237 e. The summed E-state index contributed by atoms with van der Waals surface area (Å²) in [5.41, 5.74) is 1.38. The average molecular weight is 356 g/mol. The molecule has 2 fully saturated rings. The number of amides is 1. The Hall–Kier alpha value is -1.21. The van der Waals surface area contributed by atoms with Crippen LogP contribution in [0.5, 0.6) is 0 Å². The van der Waals surface area contributed by atoms with Gasteiger partial charge in [0.15, 0.2) is 0 Å². The maximum atomic E-state index is 14.3. The first-order valence-corrected chi connectivity index (χ1v) is 8.79. The number of nitrogens with one attached hydrogen (secondary N) is 2. The van der Waals surface area contributed by atoms with Gasteiger partial charge in [0.1, 0.15) is 5.82 Å². The summed E-state index contributed by atoms with van der Waals surface area (Å²) in [4.78, 5) is 14.3. The van der Waals surface area contributed by atoms with Gasteiger partial charge in [-0.2, -0.15) is 0 Å². The van der Waals surface area contributed by atoms with Crippen LogP contribution in [0.3, 0.4) is 0 Å². The Kier molecular flexibility index (Phi) is 6.05. The molecule has 1 aromatic rings. The van der Waals surface area contributed by atoms with Crippen molar-refractivity contribution in [1.29, 1.82) is 0 Å². The van der Waals surface area contributed by atoms with Crippen LogP contribution < -0.4 is 10.6 Å². The Labute approximate surface area is 146 Å². The maximum Gasteiger partial charge on any atom is 0.237 e. The zero-order chi connectivity index (χ0) is 16.9. The van der Waals surface area contributed by atoms with Crippen molar-refractivity contribution in [3.8, 4) is 0 Å². The number of morpholine rings is 1. The predicted octanol–water partition coefficient (Wildman–Crippen LogP) is 1.68. The summed E-state index contributed by atoms with van der Waals surface area (Å²) in [6.07, 6.45) is 1.82. The van der Waals surface area contributed by atoms with E-state index in [2.05, 4.69) is 15.5 Å². The minimum atomic E-state index is -0.456. The van der Waals surface area contributed by atoms with E-state index in [1.165, 1.54) is 0 Å². The van der Waals surface area contributed by atoms with Gasteiger partial charge in [0, 0.05) is 31.7 Å². The summed E-state index contributed by atoms with van der Waals surface area (Å²) in [6.45, 7) is 4.85. The van der Waals surface area contributed by atoms with Crippen molar-refractivity contribution in [1.82, 2.24) is 15.5 Å². The van der Waals surface area contributed by atoms with E-state index < -0.39 is 5.82 Å². The zero-order valence-electron chi connectivity index (χ0n) is 13.6. The van der Waals surface area contributed by atoms with Gasteiger partial charge in [-0.15, -0.1) is 0 Å². The molecule has 1 aromatic carbocycles. The number of halogens is 2. The molecule has 0 radical (unpaired) electrons. The van der Waals surface area contributed by atoms with Gasteiger partial charge in [0.05, 0.1) is 24.3 Å². The second kappa shape index (κ2) is 8.25. The topological polar surface area (TPSA) is 53.6 Å². The molecule has 0 spiro atoms. The standard InChI is InChI=1S/C17H23ClFN3O2/c18-14-9-12(11-22-4-6-24-7-5-22)8-13(16(14)19)10-21-17(23)15-2-1-3-20-15/h8-9,15,20H,1-7,10-11H2,(H,21,23)/t15-/m0/s1. The molecule has 0 saturated carbocycles. The molecule has 2 saturated heterocycles. The van der Waals surface area contributed by atoms with Crippen LogP contribution in [0.2, 0.25) is 5.02 Å². The highest BCUT2D eigenvalue weighted by Crippen LogP contribution is 2.22. The van der Waals surface area contributed by atoms with Crippen LogP contribution >= 0.6 is 11.6 Å². The van der Waals surface area contributed by atoms with E-state index in [1.807, 2.05) is 0 Å². The highest BCUT2D eigenvalue weighted by molar-refractivity contribution is 6.30. The maximum absolute atomic E-state index is 14.3. The van der Waals surface area contributed by atoms with Crippen LogP contribution in [-0.2, 0) is 22.6 Å². The number of hydrogen-bond acceptors (Lipinski definition) is 4. The molecule has 1 amide bonds. The lowest BCUT2D eigenvalue weighted by molar-refractivity contribution is -0.122. The normalized spacial score (nSPS) is 21.8. The average Bonchev–Trinajstić information content (AvgIpc) is 3.12. The van der Waals surface area contributed by atoms with Crippen molar-refractivity contribution >= 4 is 17.5 Å². The van der Waals surface area contributed by atoms with Gasteiger partial charge in [-0.05, 0) is 37.1 Å². The Morgan fingerprint density at radius 3 is 2.92 bits per heavy atom. The largest absolute Gasteiger partial charge is 0.379 e. The van der Waals surface area contributed by atoms with E-state index in [-0.39, 0.29) is 23.5 Å².